The summed E-state index contributed by atoms with van der Waals surface area (Å²) in [5.41, 5.74) is 9.67. The van der Waals surface area contributed by atoms with E-state index in [1.165, 1.54) is 30.4 Å². The van der Waals surface area contributed by atoms with Crippen molar-refractivity contribution in [2.24, 2.45) is 35.3 Å². The van der Waals surface area contributed by atoms with Crippen LogP contribution in [-0.4, -0.2) is 67.4 Å². The largest absolute Gasteiger partial charge is 0.481 e. The number of rotatable bonds is 23. The van der Waals surface area contributed by atoms with E-state index in [1.54, 1.807) is 0 Å². The Labute approximate surface area is 306 Å². The van der Waals surface area contributed by atoms with Crippen molar-refractivity contribution in [2.75, 3.05) is 13.2 Å². The lowest BCUT2D eigenvalue weighted by atomic mass is 9.80. The van der Waals surface area contributed by atoms with Crippen LogP contribution < -0.4 is 11.1 Å². The quantitative estimate of drug-likeness (QED) is 0.0473. The minimum atomic E-state index is -1.03. The van der Waals surface area contributed by atoms with Crippen molar-refractivity contribution in [2.45, 2.75) is 154 Å². The summed E-state index contributed by atoms with van der Waals surface area (Å²) in [6.07, 6.45) is 22.6. The molecule has 288 valence electrons. The highest BCUT2D eigenvalue weighted by molar-refractivity contribution is 5.70. The molecule has 9 N–H and O–H groups in total. The fourth-order valence-electron chi connectivity index (χ4n) is 9.12. The van der Waals surface area contributed by atoms with Gasteiger partial charge in [0.2, 0.25) is 0 Å². The third-order valence-electron chi connectivity index (χ3n) is 12.1. The smallest absolute Gasteiger partial charge is 0.309 e. The van der Waals surface area contributed by atoms with Gasteiger partial charge in [-0.05, 0) is 125 Å². The number of aliphatic hydroxyl groups excluding tert-OH is 3. The van der Waals surface area contributed by atoms with Gasteiger partial charge in [-0.25, -0.2) is 0 Å². The molecule has 0 amide bonds. The molecule has 1 saturated carbocycles. The molecule has 9 heteroatoms. The Hall–Kier alpha value is -2.59. The lowest BCUT2D eigenvalue weighted by Gasteiger charge is -2.32. The first-order chi connectivity index (χ1) is 24.5. The monoisotopic (exact) mass is 712 g/mol. The van der Waals surface area contributed by atoms with E-state index >= 15 is 0 Å². The van der Waals surface area contributed by atoms with Crippen molar-refractivity contribution in [3.63, 3.8) is 0 Å². The number of aromatic nitrogens is 1. The molecular formula is C42H69N3O6. The second-order valence-electron chi connectivity index (χ2n) is 16.0. The van der Waals surface area contributed by atoms with E-state index < -0.39 is 23.6 Å². The third-order valence-corrected chi connectivity index (χ3v) is 12.1. The molecule has 2 aliphatic carbocycles. The Bertz CT molecular complexity index is 1310. The Balaban J connectivity index is 1.32. The summed E-state index contributed by atoms with van der Waals surface area (Å²) in [6.45, 7) is 5.18. The number of hydrogen-bond donors (Lipinski definition) is 8. The number of hydrogen-bond acceptors (Lipinski definition) is 7. The zero-order valence-corrected chi connectivity index (χ0v) is 31.5. The van der Waals surface area contributed by atoms with Crippen LogP contribution in [0.1, 0.15) is 134 Å². The number of carbonyl (C=O) groups is 1. The predicted molar refractivity (Wildman–Crippen MR) is 204 cm³/mol. The number of dihydropyridines is 1. The Morgan fingerprint density at radius 2 is 1.84 bits per heavy atom. The number of aliphatic hydroxyl groups is 4. The standard InChI is InChI=1S/C42H69N3O6/c1-3-5-7-11-29-15-16-33(39(48)24-29)12-8-6-9-13-36(41(49)50)38(47)17-19-42(51)28-31(22-30-18-20-44-40(43)25-30)23-34(42)27-35-26-32(4-2)37(45-35)14-10-21-46/h15-16,18,25-26,29,31,33-34,36,38-39,44-48,51H,3-14,17,19-24,27-28,43H2,1-2H3,(H,49,50)/t29-,31-,33-,34+,36+,38-,39-,42+/m1/s1. The average Bonchev–Trinajstić information content (AvgIpc) is 3.63. The summed E-state index contributed by atoms with van der Waals surface area (Å²) in [4.78, 5) is 15.9. The lowest BCUT2D eigenvalue weighted by molar-refractivity contribution is -0.146. The molecule has 0 bridgehead atoms. The second-order valence-corrected chi connectivity index (χ2v) is 16.0. The number of aryl methyl sites for hydroxylation is 2. The first-order valence-corrected chi connectivity index (χ1v) is 20.2. The Kier molecular flexibility index (Phi) is 16.6. The molecule has 1 fully saturated rings. The number of unbranched alkanes of at least 4 members (excludes halogenated alkanes) is 4. The average molecular weight is 712 g/mol. The Morgan fingerprint density at radius 1 is 1.04 bits per heavy atom. The first-order valence-electron chi connectivity index (χ1n) is 20.2. The molecule has 0 radical (unpaired) electrons. The molecule has 0 unspecified atom stereocenters. The molecule has 9 nitrogen and oxygen atoms in total. The molecule has 2 heterocycles. The van der Waals surface area contributed by atoms with Crippen LogP contribution in [0.3, 0.4) is 0 Å². The molecule has 0 saturated heterocycles. The minimum Gasteiger partial charge on any atom is -0.481 e. The van der Waals surface area contributed by atoms with Crippen LogP contribution in [0.25, 0.3) is 0 Å². The highest BCUT2D eigenvalue weighted by Gasteiger charge is 2.46. The van der Waals surface area contributed by atoms with E-state index in [4.69, 9.17) is 5.73 Å². The number of carboxylic acids is 1. The van der Waals surface area contributed by atoms with Gasteiger partial charge in [-0.1, -0.05) is 70.6 Å². The molecule has 3 aliphatic rings. The fourth-order valence-corrected chi connectivity index (χ4v) is 9.12. The van der Waals surface area contributed by atoms with Crippen molar-refractivity contribution >= 4 is 5.97 Å². The maximum atomic E-state index is 12.3. The van der Waals surface area contributed by atoms with Gasteiger partial charge in [0.25, 0.3) is 0 Å². The van der Waals surface area contributed by atoms with Gasteiger partial charge in [0.1, 0.15) is 0 Å². The highest BCUT2D eigenvalue weighted by Crippen LogP contribution is 2.47. The van der Waals surface area contributed by atoms with Crippen molar-refractivity contribution in [1.82, 2.24) is 10.3 Å². The van der Waals surface area contributed by atoms with Gasteiger partial charge in [0, 0.05) is 30.5 Å². The number of nitrogens with two attached hydrogens (primary N) is 1. The molecule has 8 atom stereocenters. The maximum Gasteiger partial charge on any atom is 0.309 e. The van der Waals surface area contributed by atoms with Crippen molar-refractivity contribution < 1.29 is 30.3 Å². The number of aromatic amines is 1. The number of carboxylic acid groups (broad SMARTS) is 1. The molecule has 1 aromatic heterocycles. The van der Waals surface area contributed by atoms with Crippen LogP contribution in [-0.2, 0) is 24.1 Å². The lowest BCUT2D eigenvalue weighted by Crippen LogP contribution is -2.37. The molecule has 1 aliphatic heterocycles. The predicted octanol–water partition coefficient (Wildman–Crippen LogP) is 6.45. The first kappa shape index (κ1) is 41.2. The summed E-state index contributed by atoms with van der Waals surface area (Å²) >= 11 is 0. The fraction of sp³-hybridized carbons (Fsp3) is 0.738. The van der Waals surface area contributed by atoms with Gasteiger partial charge >= 0.3 is 5.97 Å². The van der Waals surface area contributed by atoms with Crippen LogP contribution >= 0.6 is 0 Å². The normalized spacial score (nSPS) is 27.5. The maximum absolute atomic E-state index is 12.3. The van der Waals surface area contributed by atoms with Gasteiger partial charge in [-0.15, -0.1) is 0 Å². The van der Waals surface area contributed by atoms with Crippen molar-refractivity contribution in [3.05, 3.63) is 58.7 Å². The van der Waals surface area contributed by atoms with Gasteiger partial charge in [-0.3, -0.25) is 4.79 Å². The van der Waals surface area contributed by atoms with E-state index in [9.17, 15) is 30.3 Å². The molecule has 51 heavy (non-hydrogen) atoms. The van der Waals surface area contributed by atoms with E-state index in [2.05, 4.69) is 48.4 Å². The van der Waals surface area contributed by atoms with E-state index in [-0.39, 0.29) is 36.9 Å². The van der Waals surface area contributed by atoms with Gasteiger partial charge in [0.15, 0.2) is 0 Å². The van der Waals surface area contributed by atoms with Crippen LogP contribution in [0, 0.1) is 29.6 Å². The molecule has 4 rings (SSSR count). The Morgan fingerprint density at radius 3 is 2.55 bits per heavy atom. The van der Waals surface area contributed by atoms with Gasteiger partial charge < -0.3 is 41.6 Å². The summed E-state index contributed by atoms with van der Waals surface area (Å²) in [6, 6.07) is 2.20. The zero-order valence-electron chi connectivity index (χ0n) is 31.5. The van der Waals surface area contributed by atoms with Gasteiger partial charge in [0.05, 0.1) is 29.5 Å². The number of H-pyrrole nitrogens is 1. The van der Waals surface area contributed by atoms with Crippen LogP contribution in [0.2, 0.25) is 0 Å². The number of allylic oxidation sites excluding steroid dienone is 3. The summed E-state index contributed by atoms with van der Waals surface area (Å²) in [5, 5.41) is 56.8. The third kappa shape index (κ3) is 12.5. The molecular weight excluding hydrogens is 642 g/mol. The topological polar surface area (TPSA) is 172 Å². The summed E-state index contributed by atoms with van der Waals surface area (Å²) < 4.78 is 0. The highest BCUT2D eigenvalue weighted by atomic mass is 16.4. The minimum absolute atomic E-state index is 0.0357. The van der Waals surface area contributed by atoms with E-state index in [1.807, 2.05) is 6.08 Å². The SMILES string of the molecule is CCCCC[C@@H]1C=C[C@@H](CCCCC[C@H](C(=O)O)[C@H](O)CC[C@]2(O)C[C@H](CC3=CCNC(N)=C3)C[C@H]2Cc2cc(CC)c(CCCO)[nH]2)[C@H](O)C1. The zero-order chi connectivity index (χ0) is 36.8. The summed E-state index contributed by atoms with van der Waals surface area (Å²) in [7, 11) is 0. The summed E-state index contributed by atoms with van der Waals surface area (Å²) in [5.74, 6) is -0.333. The van der Waals surface area contributed by atoms with Crippen LogP contribution in [0.4, 0.5) is 0 Å². The molecule has 1 aromatic rings. The van der Waals surface area contributed by atoms with Crippen LogP contribution in [0.5, 0.6) is 0 Å². The number of aliphatic carboxylic acids is 1. The second kappa shape index (κ2) is 20.6. The van der Waals surface area contributed by atoms with Crippen LogP contribution in [0.15, 0.2) is 41.8 Å². The van der Waals surface area contributed by atoms with Crippen molar-refractivity contribution in [1.29, 1.82) is 0 Å². The molecule has 0 aromatic carbocycles. The van der Waals surface area contributed by atoms with Crippen molar-refractivity contribution in [3.8, 4) is 0 Å². The van der Waals surface area contributed by atoms with E-state index in [0.717, 1.165) is 69.2 Å². The molecule has 0 spiro atoms. The number of nitrogens with one attached hydrogen (secondary N) is 2. The van der Waals surface area contributed by atoms with E-state index in [0.29, 0.717) is 56.8 Å². The van der Waals surface area contributed by atoms with Gasteiger partial charge in [-0.2, -0.15) is 0 Å².